The summed E-state index contributed by atoms with van der Waals surface area (Å²) in [6, 6.07) is 0.192. The van der Waals surface area contributed by atoms with Crippen LogP contribution in [0.15, 0.2) is 9.72 Å². The number of amides is 1. The molecule has 0 spiro atoms. The Kier molecular flexibility index (Phi) is 10.9. The minimum Gasteiger partial charge on any atom is -0.476 e. The molecule has 0 radical (unpaired) electrons. The van der Waals surface area contributed by atoms with Crippen molar-refractivity contribution >= 4 is 35.0 Å². The summed E-state index contributed by atoms with van der Waals surface area (Å²) in [5.41, 5.74) is 0.0758. The Morgan fingerprint density at radius 2 is 2.03 bits per heavy atom. The molecular weight excluding hydrogens is 414 g/mol. The molecule has 1 saturated heterocycles. The summed E-state index contributed by atoms with van der Waals surface area (Å²) in [6.07, 6.45) is 1.45. The number of aromatic nitrogens is 1. The van der Waals surface area contributed by atoms with E-state index in [-0.39, 0.29) is 17.6 Å². The molecule has 0 unspecified atom stereocenters. The fraction of sp³-hybridized carbons (Fsp3) is 0.737. The third-order valence-corrected chi connectivity index (χ3v) is 6.69. The topological polar surface area (TPSA) is 92.2 Å². The van der Waals surface area contributed by atoms with E-state index in [2.05, 4.69) is 9.88 Å². The van der Waals surface area contributed by atoms with E-state index in [4.69, 9.17) is 14.6 Å². The SMILES string of the molecule is CCOCCN(CCOCC)C[C@H]1CCC(=O)N1CCSc1nc(C(=O)O)cs1. The third kappa shape index (κ3) is 8.21. The quantitative estimate of drug-likeness (QED) is 0.325. The average molecular weight is 446 g/mol. The molecule has 29 heavy (non-hydrogen) atoms. The number of thiazole rings is 1. The van der Waals surface area contributed by atoms with E-state index in [9.17, 15) is 9.59 Å². The molecule has 1 aromatic rings. The number of carboxylic acids is 1. The summed E-state index contributed by atoms with van der Waals surface area (Å²) >= 11 is 2.83. The molecule has 2 heterocycles. The van der Waals surface area contributed by atoms with Crippen molar-refractivity contribution in [2.24, 2.45) is 0 Å². The standard InChI is InChI=1S/C19H31N3O5S2/c1-3-26-10-7-21(8-11-27-4-2)13-15-5-6-17(23)22(15)9-12-28-19-20-16(14-29-19)18(24)25/h14-15H,3-13H2,1-2H3,(H,24,25)/t15-/m1/s1. The van der Waals surface area contributed by atoms with Gasteiger partial charge in [-0.05, 0) is 20.3 Å². The van der Waals surface area contributed by atoms with Crippen molar-refractivity contribution in [2.45, 2.75) is 37.1 Å². The summed E-state index contributed by atoms with van der Waals surface area (Å²) in [5.74, 6) is -0.121. The molecule has 164 valence electrons. The second-order valence-corrected chi connectivity index (χ2v) is 8.83. The maximum atomic E-state index is 12.4. The Morgan fingerprint density at radius 3 is 2.62 bits per heavy atom. The van der Waals surface area contributed by atoms with Crippen LogP contribution in [0.2, 0.25) is 0 Å². The van der Waals surface area contributed by atoms with Gasteiger partial charge in [-0.2, -0.15) is 0 Å². The van der Waals surface area contributed by atoms with Crippen LogP contribution in [0.4, 0.5) is 0 Å². The van der Waals surface area contributed by atoms with Crippen LogP contribution in [-0.4, -0.2) is 96.2 Å². The van der Waals surface area contributed by atoms with Gasteiger partial charge in [0.05, 0.1) is 13.2 Å². The van der Waals surface area contributed by atoms with Crippen LogP contribution in [0, 0.1) is 0 Å². The number of hydrogen-bond donors (Lipinski definition) is 1. The largest absolute Gasteiger partial charge is 0.476 e. The third-order valence-electron chi connectivity index (χ3n) is 4.69. The van der Waals surface area contributed by atoms with Crippen LogP contribution in [-0.2, 0) is 14.3 Å². The number of hydrogen-bond acceptors (Lipinski definition) is 8. The first-order valence-electron chi connectivity index (χ1n) is 10.0. The molecule has 1 fully saturated rings. The maximum absolute atomic E-state index is 12.4. The van der Waals surface area contributed by atoms with Crippen molar-refractivity contribution in [3.8, 4) is 0 Å². The molecule has 1 aromatic heterocycles. The lowest BCUT2D eigenvalue weighted by Gasteiger charge is -2.31. The van der Waals surface area contributed by atoms with Crippen LogP contribution in [0.1, 0.15) is 37.2 Å². The normalized spacial score (nSPS) is 16.9. The van der Waals surface area contributed by atoms with Gasteiger partial charge in [-0.3, -0.25) is 9.69 Å². The van der Waals surface area contributed by atoms with Crippen LogP contribution in [0.25, 0.3) is 0 Å². The van der Waals surface area contributed by atoms with Crippen molar-refractivity contribution in [2.75, 3.05) is 58.4 Å². The van der Waals surface area contributed by atoms with Gasteiger partial charge in [0.1, 0.15) is 0 Å². The molecule has 0 aliphatic carbocycles. The average Bonchev–Trinajstić information content (AvgIpc) is 3.30. The molecule has 8 nitrogen and oxygen atoms in total. The monoisotopic (exact) mass is 445 g/mol. The molecular formula is C19H31N3O5S2. The summed E-state index contributed by atoms with van der Waals surface area (Å²) in [4.78, 5) is 31.7. The number of aromatic carboxylic acids is 1. The lowest BCUT2D eigenvalue weighted by Crippen LogP contribution is -2.44. The van der Waals surface area contributed by atoms with Gasteiger partial charge in [-0.25, -0.2) is 9.78 Å². The minimum atomic E-state index is -1.01. The first kappa shape index (κ1) is 24.1. The molecule has 1 N–H and O–H groups in total. The van der Waals surface area contributed by atoms with Gasteiger partial charge < -0.3 is 19.5 Å². The van der Waals surface area contributed by atoms with Crippen molar-refractivity contribution < 1.29 is 24.2 Å². The summed E-state index contributed by atoms with van der Waals surface area (Å²) in [6.45, 7) is 9.83. The Balaban J connectivity index is 1.84. The Labute approximate surface area is 180 Å². The highest BCUT2D eigenvalue weighted by Crippen LogP contribution is 2.25. The van der Waals surface area contributed by atoms with E-state index in [1.54, 1.807) is 5.38 Å². The fourth-order valence-corrected chi connectivity index (χ4v) is 5.02. The molecule has 1 amide bonds. The van der Waals surface area contributed by atoms with Crippen LogP contribution in [0.3, 0.4) is 0 Å². The number of carbonyl (C=O) groups is 2. The van der Waals surface area contributed by atoms with Gasteiger partial charge in [-0.1, -0.05) is 11.8 Å². The lowest BCUT2D eigenvalue weighted by atomic mass is 10.2. The van der Waals surface area contributed by atoms with E-state index in [1.807, 2.05) is 18.7 Å². The summed E-state index contributed by atoms with van der Waals surface area (Å²) in [5, 5.41) is 10.5. The first-order chi connectivity index (χ1) is 14.0. The number of ether oxygens (including phenoxy) is 2. The van der Waals surface area contributed by atoms with E-state index in [0.717, 1.165) is 30.4 Å². The van der Waals surface area contributed by atoms with Gasteiger partial charge in [0, 0.05) is 63.0 Å². The van der Waals surface area contributed by atoms with Crippen LogP contribution in [0.5, 0.6) is 0 Å². The van der Waals surface area contributed by atoms with Gasteiger partial charge in [-0.15, -0.1) is 11.3 Å². The smallest absolute Gasteiger partial charge is 0.355 e. The van der Waals surface area contributed by atoms with Gasteiger partial charge in [0.25, 0.3) is 0 Å². The highest BCUT2D eigenvalue weighted by molar-refractivity contribution is 8.01. The molecule has 1 aliphatic heterocycles. The molecule has 10 heteroatoms. The van der Waals surface area contributed by atoms with Crippen molar-refractivity contribution in [1.29, 1.82) is 0 Å². The molecule has 0 saturated carbocycles. The number of rotatable bonds is 15. The van der Waals surface area contributed by atoms with E-state index in [1.165, 1.54) is 23.1 Å². The molecule has 2 rings (SSSR count). The molecule has 1 atom stereocenters. The highest BCUT2D eigenvalue weighted by atomic mass is 32.2. The molecule has 1 aliphatic rings. The highest BCUT2D eigenvalue weighted by Gasteiger charge is 2.31. The number of thioether (sulfide) groups is 1. The summed E-state index contributed by atoms with van der Waals surface area (Å²) < 4.78 is 11.7. The second-order valence-electron chi connectivity index (χ2n) is 6.63. The zero-order valence-corrected chi connectivity index (χ0v) is 18.8. The summed E-state index contributed by atoms with van der Waals surface area (Å²) in [7, 11) is 0. The van der Waals surface area contributed by atoms with Gasteiger partial charge in [0.2, 0.25) is 5.91 Å². The molecule has 0 bridgehead atoms. The Bertz CT molecular complexity index is 633. The van der Waals surface area contributed by atoms with Gasteiger partial charge in [0.15, 0.2) is 10.0 Å². The predicted octanol–water partition coefficient (Wildman–Crippen LogP) is 2.30. The number of carbonyl (C=O) groups excluding carboxylic acids is 1. The van der Waals surface area contributed by atoms with Crippen molar-refractivity contribution in [3.63, 3.8) is 0 Å². The fourth-order valence-electron chi connectivity index (χ4n) is 3.21. The Hall–Kier alpha value is -1.20. The van der Waals surface area contributed by atoms with E-state index in [0.29, 0.717) is 45.1 Å². The van der Waals surface area contributed by atoms with Crippen LogP contribution >= 0.6 is 23.1 Å². The zero-order chi connectivity index (χ0) is 21.1. The number of nitrogens with zero attached hydrogens (tertiary/aromatic N) is 3. The molecule has 0 aromatic carbocycles. The van der Waals surface area contributed by atoms with Crippen molar-refractivity contribution in [1.82, 2.24) is 14.8 Å². The van der Waals surface area contributed by atoms with E-state index < -0.39 is 5.97 Å². The number of likely N-dealkylation sites (tertiary alicyclic amines) is 1. The van der Waals surface area contributed by atoms with E-state index >= 15 is 0 Å². The Morgan fingerprint density at radius 1 is 1.34 bits per heavy atom. The minimum absolute atomic E-state index is 0.0758. The lowest BCUT2D eigenvalue weighted by molar-refractivity contribution is -0.128. The maximum Gasteiger partial charge on any atom is 0.355 e. The van der Waals surface area contributed by atoms with Crippen molar-refractivity contribution in [3.05, 3.63) is 11.1 Å². The zero-order valence-electron chi connectivity index (χ0n) is 17.2. The second kappa shape index (κ2) is 13.2. The number of carboxylic acid groups (broad SMARTS) is 1. The predicted molar refractivity (Wildman–Crippen MR) is 114 cm³/mol. The van der Waals surface area contributed by atoms with Crippen LogP contribution < -0.4 is 0 Å². The van der Waals surface area contributed by atoms with Gasteiger partial charge >= 0.3 is 5.97 Å². The first-order valence-corrected chi connectivity index (χ1v) is 11.9.